The van der Waals surface area contributed by atoms with Crippen LogP contribution in [0, 0.1) is 11.7 Å². The largest absolute Gasteiger partial charge is 0.405 e. The van der Waals surface area contributed by atoms with Gasteiger partial charge in [-0.15, -0.1) is 0 Å². The number of sulfonamides is 1. The summed E-state index contributed by atoms with van der Waals surface area (Å²) in [7, 11) is -3.63. The molecule has 1 aliphatic heterocycles. The molecular weight excluding hydrogens is 364 g/mol. The zero-order valence-corrected chi connectivity index (χ0v) is 14.0. The minimum atomic E-state index is -4.48. The SMILES string of the molecule is O=C(NCC(F)(F)F)C1CCN(S(=O)(=O)Cc2ccc(F)cc2)CC1. The maximum Gasteiger partial charge on any atom is 0.405 e. The summed E-state index contributed by atoms with van der Waals surface area (Å²) < 4.78 is 75.1. The highest BCUT2D eigenvalue weighted by Crippen LogP contribution is 2.22. The number of benzene rings is 1. The number of nitrogens with one attached hydrogen (secondary N) is 1. The van der Waals surface area contributed by atoms with Crippen molar-refractivity contribution in [3.8, 4) is 0 Å². The Kier molecular flexibility index (Phi) is 6.04. The normalized spacial score (nSPS) is 17.4. The Hall–Kier alpha value is -1.68. The summed E-state index contributed by atoms with van der Waals surface area (Å²) in [5, 5.41) is 1.82. The van der Waals surface area contributed by atoms with Gasteiger partial charge < -0.3 is 5.32 Å². The Morgan fingerprint density at radius 1 is 1.16 bits per heavy atom. The van der Waals surface area contributed by atoms with Crippen molar-refractivity contribution in [1.29, 1.82) is 0 Å². The molecule has 1 aliphatic rings. The van der Waals surface area contributed by atoms with Crippen molar-refractivity contribution in [2.24, 2.45) is 5.92 Å². The van der Waals surface area contributed by atoms with Gasteiger partial charge in [0.1, 0.15) is 12.4 Å². The Morgan fingerprint density at radius 3 is 2.24 bits per heavy atom. The lowest BCUT2D eigenvalue weighted by Gasteiger charge is -2.30. The highest BCUT2D eigenvalue weighted by molar-refractivity contribution is 7.88. The first-order valence-electron chi connectivity index (χ1n) is 7.63. The van der Waals surface area contributed by atoms with Crippen molar-refractivity contribution in [2.75, 3.05) is 19.6 Å². The molecule has 0 spiro atoms. The minimum absolute atomic E-state index is 0.0631. The van der Waals surface area contributed by atoms with Crippen LogP contribution in [0.4, 0.5) is 17.6 Å². The molecule has 25 heavy (non-hydrogen) atoms. The smallest absolute Gasteiger partial charge is 0.347 e. The van der Waals surface area contributed by atoms with Crippen LogP contribution in [0.1, 0.15) is 18.4 Å². The molecule has 0 aromatic heterocycles. The number of hydrogen-bond acceptors (Lipinski definition) is 3. The summed E-state index contributed by atoms with van der Waals surface area (Å²) in [5.74, 6) is -2.11. The molecule has 1 N–H and O–H groups in total. The van der Waals surface area contributed by atoms with Crippen molar-refractivity contribution in [1.82, 2.24) is 9.62 Å². The predicted molar refractivity (Wildman–Crippen MR) is 82.4 cm³/mol. The van der Waals surface area contributed by atoms with Gasteiger partial charge in [-0.3, -0.25) is 4.79 Å². The second-order valence-corrected chi connectivity index (χ2v) is 7.86. The van der Waals surface area contributed by atoms with E-state index in [1.54, 1.807) is 0 Å². The lowest BCUT2D eigenvalue weighted by Crippen LogP contribution is -2.44. The minimum Gasteiger partial charge on any atom is -0.347 e. The molecule has 10 heteroatoms. The number of hydrogen-bond donors (Lipinski definition) is 1. The van der Waals surface area contributed by atoms with Crippen LogP contribution >= 0.6 is 0 Å². The van der Waals surface area contributed by atoms with Gasteiger partial charge in [-0.1, -0.05) is 12.1 Å². The maximum absolute atomic E-state index is 12.9. The Bertz CT molecular complexity index is 696. The molecule has 0 radical (unpaired) electrons. The van der Waals surface area contributed by atoms with E-state index in [0.717, 1.165) is 0 Å². The van der Waals surface area contributed by atoms with E-state index in [9.17, 15) is 30.8 Å². The molecule has 0 bridgehead atoms. The van der Waals surface area contributed by atoms with Gasteiger partial charge in [0.05, 0.1) is 5.75 Å². The third-order valence-electron chi connectivity index (χ3n) is 3.94. The van der Waals surface area contributed by atoms with Crippen LogP contribution in [-0.2, 0) is 20.6 Å². The average Bonchev–Trinajstić information content (AvgIpc) is 2.54. The highest BCUT2D eigenvalue weighted by atomic mass is 32.2. The van der Waals surface area contributed by atoms with Gasteiger partial charge in [-0.2, -0.15) is 13.2 Å². The lowest BCUT2D eigenvalue weighted by molar-refractivity contribution is -0.141. The zero-order chi connectivity index (χ0) is 18.7. The van der Waals surface area contributed by atoms with E-state index in [1.807, 2.05) is 5.32 Å². The fourth-order valence-corrected chi connectivity index (χ4v) is 4.17. The number of amides is 1. The Labute approximate surface area is 143 Å². The van der Waals surface area contributed by atoms with E-state index >= 15 is 0 Å². The molecule has 0 atom stereocenters. The molecule has 1 amide bonds. The second-order valence-electron chi connectivity index (χ2n) is 5.89. The summed E-state index contributed by atoms with van der Waals surface area (Å²) in [6.07, 6.45) is -4.16. The molecular formula is C15H18F4N2O3S. The van der Waals surface area contributed by atoms with Crippen LogP contribution in [0.15, 0.2) is 24.3 Å². The number of rotatable bonds is 5. The first-order chi connectivity index (χ1) is 11.6. The molecule has 1 aromatic carbocycles. The second kappa shape index (κ2) is 7.69. The maximum atomic E-state index is 12.9. The molecule has 5 nitrogen and oxygen atoms in total. The first kappa shape index (κ1) is 19.6. The third-order valence-corrected chi connectivity index (χ3v) is 5.79. The molecule has 1 saturated heterocycles. The summed E-state index contributed by atoms with van der Waals surface area (Å²) in [6, 6.07) is 5.10. The molecule has 2 rings (SSSR count). The van der Waals surface area contributed by atoms with Crippen LogP contribution in [-0.4, -0.2) is 44.4 Å². The zero-order valence-electron chi connectivity index (χ0n) is 13.2. The van der Waals surface area contributed by atoms with E-state index in [-0.39, 0.29) is 31.7 Å². The molecule has 1 heterocycles. The van der Waals surface area contributed by atoms with Crippen molar-refractivity contribution < 1.29 is 30.8 Å². The molecule has 1 aromatic rings. The average molecular weight is 382 g/mol. The van der Waals surface area contributed by atoms with Crippen LogP contribution < -0.4 is 5.32 Å². The van der Waals surface area contributed by atoms with E-state index in [1.165, 1.54) is 28.6 Å². The van der Waals surface area contributed by atoms with Gasteiger partial charge in [0, 0.05) is 19.0 Å². The molecule has 0 saturated carbocycles. The first-order valence-corrected chi connectivity index (χ1v) is 9.24. The predicted octanol–water partition coefficient (Wildman–Crippen LogP) is 2.05. The number of halogens is 4. The Morgan fingerprint density at radius 2 is 1.72 bits per heavy atom. The number of piperidine rings is 1. The molecule has 140 valence electrons. The van der Waals surface area contributed by atoms with E-state index in [4.69, 9.17) is 0 Å². The van der Waals surface area contributed by atoms with Crippen molar-refractivity contribution >= 4 is 15.9 Å². The molecule has 1 fully saturated rings. The van der Waals surface area contributed by atoms with Crippen molar-refractivity contribution in [3.63, 3.8) is 0 Å². The highest BCUT2D eigenvalue weighted by Gasteiger charge is 2.33. The van der Waals surface area contributed by atoms with E-state index < -0.39 is 40.4 Å². The number of alkyl halides is 3. The summed E-state index contributed by atoms with van der Waals surface area (Å²) in [6.45, 7) is -1.27. The summed E-state index contributed by atoms with van der Waals surface area (Å²) in [4.78, 5) is 11.7. The summed E-state index contributed by atoms with van der Waals surface area (Å²) >= 11 is 0. The van der Waals surface area contributed by atoms with Gasteiger partial charge in [-0.05, 0) is 30.5 Å². The van der Waals surface area contributed by atoms with Crippen LogP contribution in [0.25, 0.3) is 0 Å². The standard InChI is InChI=1S/C15H18F4N2O3S/c16-13-3-1-11(2-4-13)9-25(23,24)21-7-5-12(6-8-21)14(22)20-10-15(17,18)19/h1-4,12H,5-10H2,(H,20,22). The third kappa shape index (κ3) is 5.96. The molecule has 0 unspecified atom stereocenters. The summed E-state index contributed by atoms with van der Waals surface area (Å²) in [5.41, 5.74) is 0.437. The Balaban J connectivity index is 1.88. The van der Waals surface area contributed by atoms with Crippen LogP contribution in [0.2, 0.25) is 0 Å². The van der Waals surface area contributed by atoms with Crippen molar-refractivity contribution in [3.05, 3.63) is 35.6 Å². The van der Waals surface area contributed by atoms with Crippen LogP contribution in [0.3, 0.4) is 0 Å². The van der Waals surface area contributed by atoms with E-state index in [2.05, 4.69) is 0 Å². The lowest BCUT2D eigenvalue weighted by atomic mass is 9.97. The topological polar surface area (TPSA) is 66.5 Å². The number of nitrogens with zero attached hydrogens (tertiary/aromatic N) is 1. The van der Waals surface area contributed by atoms with E-state index in [0.29, 0.717) is 5.56 Å². The monoisotopic (exact) mass is 382 g/mol. The molecule has 0 aliphatic carbocycles. The fraction of sp³-hybridized carbons (Fsp3) is 0.533. The van der Waals surface area contributed by atoms with Crippen LogP contribution in [0.5, 0.6) is 0 Å². The fourth-order valence-electron chi connectivity index (χ4n) is 2.61. The van der Waals surface area contributed by atoms with Gasteiger partial charge in [-0.25, -0.2) is 17.1 Å². The van der Waals surface area contributed by atoms with Gasteiger partial charge >= 0.3 is 6.18 Å². The number of carbonyl (C=O) groups is 1. The van der Waals surface area contributed by atoms with Gasteiger partial charge in [0.15, 0.2) is 0 Å². The van der Waals surface area contributed by atoms with Gasteiger partial charge in [0.2, 0.25) is 15.9 Å². The van der Waals surface area contributed by atoms with Crippen molar-refractivity contribution in [2.45, 2.75) is 24.8 Å². The number of carbonyl (C=O) groups excluding carboxylic acids is 1. The quantitative estimate of drug-likeness (QED) is 0.793. The van der Waals surface area contributed by atoms with Gasteiger partial charge in [0.25, 0.3) is 0 Å².